The smallest absolute Gasteiger partial charge is 0.410 e. The number of ether oxygens (including phenoxy) is 3. The lowest BCUT2D eigenvalue weighted by Gasteiger charge is -2.27. The largest absolute Gasteiger partial charge is 0.464 e. The van der Waals surface area contributed by atoms with Crippen LogP contribution in [-0.4, -0.2) is 84.4 Å². The Balaban J connectivity index is 1.83. The number of hydroxylamine groups is 2. The van der Waals surface area contributed by atoms with Gasteiger partial charge in [0.2, 0.25) is 12.7 Å². The lowest BCUT2D eigenvalue weighted by atomic mass is 10.0. The van der Waals surface area contributed by atoms with Gasteiger partial charge in [-0.1, -0.05) is 19.9 Å². The molecular weight excluding hydrogens is 447 g/mol. The number of alkyl halides is 1. The number of carbonyl (C=O) groups is 5. The zero-order valence-electron chi connectivity index (χ0n) is 18.6. The number of nitrogens with two attached hydrogens (primary N) is 1. The predicted molar refractivity (Wildman–Crippen MR) is 106 cm³/mol. The van der Waals surface area contributed by atoms with Crippen LogP contribution in [0.4, 0.5) is 14.0 Å². The molecule has 2 aliphatic rings. The molecule has 0 spiro atoms. The van der Waals surface area contributed by atoms with Crippen molar-refractivity contribution in [3.63, 3.8) is 0 Å². The number of hydrogen-bond acceptors (Lipinski definition) is 9. The molecule has 1 saturated heterocycles. The number of nitrogens with zero attached hydrogens (tertiary/aromatic N) is 2. The van der Waals surface area contributed by atoms with Gasteiger partial charge in [0.05, 0.1) is 19.2 Å². The van der Waals surface area contributed by atoms with E-state index in [2.05, 4.69) is 14.8 Å². The molecule has 0 saturated carbocycles. The predicted octanol–water partition coefficient (Wildman–Crippen LogP) is -0.0518. The number of alkyl carbamates (subject to hydrolysis) is 1. The summed E-state index contributed by atoms with van der Waals surface area (Å²) in [6.07, 6.45) is -2.30. The Hall–Kier alpha value is -3.42. The van der Waals surface area contributed by atoms with Crippen molar-refractivity contribution in [3.05, 3.63) is 11.6 Å². The van der Waals surface area contributed by atoms with Crippen molar-refractivity contribution in [2.75, 3.05) is 19.9 Å². The minimum Gasteiger partial charge on any atom is -0.464 e. The molecule has 2 heterocycles. The van der Waals surface area contributed by atoms with Crippen LogP contribution in [0.5, 0.6) is 0 Å². The van der Waals surface area contributed by atoms with E-state index in [-0.39, 0.29) is 19.1 Å². The Morgan fingerprint density at radius 1 is 1.21 bits per heavy atom. The third-order valence-corrected chi connectivity index (χ3v) is 4.85. The first kappa shape index (κ1) is 25.8. The lowest BCUT2D eigenvalue weighted by Crippen LogP contribution is -2.48. The van der Waals surface area contributed by atoms with Gasteiger partial charge in [-0.3, -0.25) is 4.79 Å². The number of nitrogens with one attached hydrogen (secondary N) is 1. The van der Waals surface area contributed by atoms with E-state index < -0.39 is 61.2 Å². The highest BCUT2D eigenvalue weighted by Crippen LogP contribution is 2.30. The average Bonchev–Trinajstić information content (AvgIpc) is 2.96. The molecule has 0 aromatic carbocycles. The van der Waals surface area contributed by atoms with Gasteiger partial charge < -0.3 is 30.2 Å². The second kappa shape index (κ2) is 10.9. The summed E-state index contributed by atoms with van der Waals surface area (Å²) in [5.41, 5.74) is 5.79. The molecule has 1 fully saturated rings. The third kappa shape index (κ3) is 6.09. The van der Waals surface area contributed by atoms with Crippen LogP contribution in [0.15, 0.2) is 11.6 Å². The molecule has 4 amide bonds. The SMILES string of the molecule is CCOC(=O)C(NC(=O)OCOC(=O)[C@@H](F)ON1C(=O)N2C[C@H]1C=C(C)[C@H]2C(N)=O)C(C)C. The molecule has 0 aromatic heterocycles. The van der Waals surface area contributed by atoms with Crippen molar-refractivity contribution in [1.29, 1.82) is 0 Å². The van der Waals surface area contributed by atoms with Gasteiger partial charge in [-0.25, -0.2) is 28.4 Å². The minimum absolute atomic E-state index is 0.0202. The van der Waals surface area contributed by atoms with Crippen molar-refractivity contribution in [3.8, 4) is 0 Å². The maximum atomic E-state index is 14.2. The van der Waals surface area contributed by atoms with E-state index in [0.29, 0.717) is 10.6 Å². The summed E-state index contributed by atoms with van der Waals surface area (Å²) in [6.45, 7) is 5.68. The molecule has 33 heavy (non-hydrogen) atoms. The molecule has 0 radical (unpaired) electrons. The number of hydrogen-bond donors (Lipinski definition) is 2. The standard InChI is InChI=1S/C19H27FN4O9/c1-5-30-16(26)12(9(2)3)22-18(28)32-8-31-17(27)14(20)33-24-11-6-10(4)13(15(21)25)23(7-11)19(24)29/h6,9,11-14H,5,7-8H2,1-4H3,(H2,21,25)(H,22,28)/t11-,12?,13+,14+/m1/s1. The highest BCUT2D eigenvalue weighted by Gasteiger charge is 2.48. The Kier molecular flexibility index (Phi) is 8.56. The van der Waals surface area contributed by atoms with Crippen LogP contribution in [0.25, 0.3) is 0 Å². The normalized spacial score (nSPS) is 21.3. The topological polar surface area (TPSA) is 167 Å². The van der Waals surface area contributed by atoms with Gasteiger partial charge in [0.25, 0.3) is 0 Å². The van der Waals surface area contributed by atoms with Crippen LogP contribution < -0.4 is 11.1 Å². The van der Waals surface area contributed by atoms with Crippen LogP contribution in [0.2, 0.25) is 0 Å². The van der Waals surface area contributed by atoms with E-state index in [9.17, 15) is 28.4 Å². The summed E-state index contributed by atoms with van der Waals surface area (Å²) in [5.74, 6) is -3.31. The van der Waals surface area contributed by atoms with Crippen LogP contribution >= 0.6 is 0 Å². The number of fused-ring (bicyclic) bond motifs is 2. The zero-order chi connectivity index (χ0) is 24.9. The zero-order valence-corrected chi connectivity index (χ0v) is 18.6. The van der Waals surface area contributed by atoms with Crippen molar-refractivity contribution < 1.29 is 47.4 Å². The highest BCUT2D eigenvalue weighted by molar-refractivity contribution is 5.90. The van der Waals surface area contributed by atoms with Gasteiger partial charge in [-0.05, 0) is 25.3 Å². The fourth-order valence-electron chi connectivity index (χ4n) is 3.35. The molecular formula is C19H27FN4O9. The van der Waals surface area contributed by atoms with Crippen LogP contribution in [0, 0.1) is 5.92 Å². The van der Waals surface area contributed by atoms with E-state index in [1.807, 2.05) is 0 Å². The molecule has 1 unspecified atom stereocenters. The summed E-state index contributed by atoms with van der Waals surface area (Å²) in [4.78, 5) is 65.4. The molecule has 3 N–H and O–H groups in total. The van der Waals surface area contributed by atoms with E-state index in [4.69, 9.17) is 15.3 Å². The number of rotatable bonds is 10. The van der Waals surface area contributed by atoms with E-state index in [1.165, 1.54) is 6.08 Å². The summed E-state index contributed by atoms with van der Waals surface area (Å²) < 4.78 is 28.2. The van der Waals surface area contributed by atoms with Crippen LogP contribution in [0.1, 0.15) is 27.7 Å². The first-order valence-corrected chi connectivity index (χ1v) is 10.1. The van der Waals surface area contributed by atoms with Crippen molar-refractivity contribution in [1.82, 2.24) is 15.3 Å². The molecule has 14 heteroatoms. The molecule has 13 nitrogen and oxygen atoms in total. The van der Waals surface area contributed by atoms with Gasteiger partial charge in [-0.15, -0.1) is 0 Å². The Morgan fingerprint density at radius 2 is 1.88 bits per heavy atom. The second-order valence-electron chi connectivity index (χ2n) is 7.60. The quantitative estimate of drug-likeness (QED) is 0.251. The maximum Gasteiger partial charge on any atom is 0.410 e. The average molecular weight is 474 g/mol. The number of amides is 4. The Morgan fingerprint density at radius 3 is 2.45 bits per heavy atom. The highest BCUT2D eigenvalue weighted by atomic mass is 19.1. The molecule has 0 aromatic rings. The summed E-state index contributed by atoms with van der Waals surface area (Å²) in [6, 6.07) is -3.58. The number of carbonyl (C=O) groups excluding carboxylic acids is 5. The molecule has 2 rings (SSSR count). The number of esters is 2. The minimum atomic E-state index is -2.72. The summed E-state index contributed by atoms with van der Waals surface area (Å²) in [5, 5.41) is 2.87. The second-order valence-corrected chi connectivity index (χ2v) is 7.60. The third-order valence-electron chi connectivity index (χ3n) is 4.85. The summed E-state index contributed by atoms with van der Waals surface area (Å²) >= 11 is 0. The van der Waals surface area contributed by atoms with Gasteiger partial charge in [0.1, 0.15) is 12.1 Å². The molecule has 2 aliphatic heterocycles. The first-order valence-electron chi connectivity index (χ1n) is 10.1. The molecule has 4 atom stereocenters. The van der Waals surface area contributed by atoms with Crippen LogP contribution in [0.3, 0.4) is 0 Å². The van der Waals surface area contributed by atoms with Gasteiger partial charge >= 0.3 is 30.4 Å². The van der Waals surface area contributed by atoms with Gasteiger partial charge in [0.15, 0.2) is 0 Å². The van der Waals surface area contributed by atoms with Crippen LogP contribution in [-0.2, 0) is 33.4 Å². The lowest BCUT2D eigenvalue weighted by molar-refractivity contribution is -0.227. The molecule has 2 bridgehead atoms. The fraction of sp³-hybridized carbons (Fsp3) is 0.632. The van der Waals surface area contributed by atoms with Gasteiger partial charge in [0, 0.05) is 0 Å². The van der Waals surface area contributed by atoms with Crippen molar-refractivity contribution in [2.24, 2.45) is 11.7 Å². The Labute approximate surface area is 188 Å². The first-order chi connectivity index (χ1) is 15.5. The van der Waals surface area contributed by atoms with Crippen molar-refractivity contribution in [2.45, 2.75) is 52.2 Å². The van der Waals surface area contributed by atoms with Gasteiger partial charge in [-0.2, -0.15) is 5.06 Å². The monoisotopic (exact) mass is 474 g/mol. The van der Waals surface area contributed by atoms with E-state index in [0.717, 1.165) is 4.90 Å². The van der Waals surface area contributed by atoms with Crippen molar-refractivity contribution >= 4 is 30.0 Å². The number of urea groups is 1. The Bertz CT molecular complexity index is 834. The van der Waals surface area contributed by atoms with E-state index >= 15 is 0 Å². The number of halogens is 1. The van der Waals surface area contributed by atoms with E-state index in [1.54, 1.807) is 27.7 Å². The maximum absolute atomic E-state index is 14.2. The fourth-order valence-corrected chi connectivity index (χ4v) is 3.35. The molecule has 184 valence electrons. The molecule has 0 aliphatic carbocycles. The summed E-state index contributed by atoms with van der Waals surface area (Å²) in [7, 11) is 0. The number of primary amides is 1.